The second-order valence-corrected chi connectivity index (χ2v) is 3.12. The second kappa shape index (κ2) is 4.05. The molecule has 0 fully saturated rings. The highest BCUT2D eigenvalue weighted by Gasteiger charge is 2.02. The molecule has 0 saturated carbocycles. The van der Waals surface area contributed by atoms with E-state index in [1.165, 1.54) is 18.2 Å². The standard InChI is InChI=1S/C11H11FO2/c1-7-5-9(12)6-8(2)10(7)3-4-11(13)14/h3-6H,1-2H3,(H,13,14)/b4-3+. The van der Waals surface area contributed by atoms with Gasteiger partial charge in [-0.1, -0.05) is 0 Å². The van der Waals surface area contributed by atoms with Crippen molar-refractivity contribution < 1.29 is 14.3 Å². The van der Waals surface area contributed by atoms with E-state index in [1.807, 2.05) is 0 Å². The van der Waals surface area contributed by atoms with Gasteiger partial charge in [0.2, 0.25) is 0 Å². The van der Waals surface area contributed by atoms with E-state index >= 15 is 0 Å². The van der Waals surface area contributed by atoms with E-state index in [9.17, 15) is 9.18 Å². The first-order chi connectivity index (χ1) is 6.50. The molecule has 0 radical (unpaired) electrons. The first-order valence-electron chi connectivity index (χ1n) is 4.18. The molecule has 0 unspecified atom stereocenters. The fourth-order valence-corrected chi connectivity index (χ4v) is 1.34. The Labute approximate surface area is 81.7 Å². The van der Waals surface area contributed by atoms with Gasteiger partial charge >= 0.3 is 5.97 Å². The van der Waals surface area contributed by atoms with Crippen molar-refractivity contribution >= 4 is 12.0 Å². The second-order valence-electron chi connectivity index (χ2n) is 3.12. The summed E-state index contributed by atoms with van der Waals surface area (Å²) in [7, 11) is 0. The number of carboxylic acid groups (broad SMARTS) is 1. The quantitative estimate of drug-likeness (QED) is 0.734. The van der Waals surface area contributed by atoms with Gasteiger partial charge in [-0.3, -0.25) is 0 Å². The van der Waals surface area contributed by atoms with E-state index in [4.69, 9.17) is 5.11 Å². The van der Waals surface area contributed by atoms with Gasteiger partial charge in [-0.05, 0) is 48.7 Å². The predicted molar refractivity (Wildman–Crippen MR) is 52.5 cm³/mol. The van der Waals surface area contributed by atoms with Crippen molar-refractivity contribution in [3.8, 4) is 0 Å². The summed E-state index contributed by atoms with van der Waals surface area (Å²) in [5.74, 6) is -1.30. The minimum atomic E-state index is -1.01. The zero-order chi connectivity index (χ0) is 10.7. The SMILES string of the molecule is Cc1cc(F)cc(C)c1/C=C/C(=O)O. The average Bonchev–Trinajstić information content (AvgIpc) is 2.01. The van der Waals surface area contributed by atoms with Gasteiger partial charge in [0.1, 0.15) is 5.82 Å². The monoisotopic (exact) mass is 194 g/mol. The molecule has 0 aliphatic heterocycles. The summed E-state index contributed by atoms with van der Waals surface area (Å²) in [6.45, 7) is 3.50. The Balaban J connectivity index is 3.15. The van der Waals surface area contributed by atoms with Crippen LogP contribution in [-0.2, 0) is 4.79 Å². The number of carboxylic acids is 1. The van der Waals surface area contributed by atoms with Crippen LogP contribution in [0.3, 0.4) is 0 Å². The van der Waals surface area contributed by atoms with Crippen LogP contribution < -0.4 is 0 Å². The maximum atomic E-state index is 12.9. The number of hydrogen-bond acceptors (Lipinski definition) is 1. The van der Waals surface area contributed by atoms with Gasteiger partial charge in [-0.2, -0.15) is 0 Å². The first kappa shape index (κ1) is 10.4. The topological polar surface area (TPSA) is 37.3 Å². The van der Waals surface area contributed by atoms with E-state index in [-0.39, 0.29) is 5.82 Å². The molecule has 1 aromatic carbocycles. The molecule has 1 aromatic rings. The molecular formula is C11H11FO2. The van der Waals surface area contributed by atoms with Crippen molar-refractivity contribution in [3.05, 3.63) is 40.7 Å². The molecule has 3 heteroatoms. The molecule has 14 heavy (non-hydrogen) atoms. The molecule has 1 rings (SSSR count). The lowest BCUT2D eigenvalue weighted by Crippen LogP contribution is -1.91. The molecule has 74 valence electrons. The number of rotatable bonds is 2. The zero-order valence-corrected chi connectivity index (χ0v) is 8.04. The van der Waals surface area contributed by atoms with Crippen LogP contribution in [0.1, 0.15) is 16.7 Å². The van der Waals surface area contributed by atoms with Crippen LogP contribution in [0.25, 0.3) is 6.08 Å². The number of halogens is 1. The number of hydrogen-bond donors (Lipinski definition) is 1. The van der Waals surface area contributed by atoms with Crippen molar-refractivity contribution in [3.63, 3.8) is 0 Å². The smallest absolute Gasteiger partial charge is 0.328 e. The third-order valence-electron chi connectivity index (χ3n) is 1.95. The average molecular weight is 194 g/mol. The van der Waals surface area contributed by atoms with Crippen molar-refractivity contribution in [2.45, 2.75) is 13.8 Å². The van der Waals surface area contributed by atoms with E-state index in [1.54, 1.807) is 13.8 Å². The Bertz CT molecular complexity index is 371. The molecule has 0 aliphatic carbocycles. The number of benzene rings is 1. The lowest BCUT2D eigenvalue weighted by molar-refractivity contribution is -0.131. The van der Waals surface area contributed by atoms with E-state index < -0.39 is 5.97 Å². The highest BCUT2D eigenvalue weighted by molar-refractivity contribution is 5.85. The molecule has 0 bridgehead atoms. The molecule has 0 aromatic heterocycles. The van der Waals surface area contributed by atoms with Crippen LogP contribution in [0, 0.1) is 19.7 Å². The van der Waals surface area contributed by atoms with E-state index in [0.717, 1.165) is 22.8 Å². The molecule has 0 saturated heterocycles. The summed E-state index contributed by atoms with van der Waals surface area (Å²) in [6.07, 6.45) is 2.53. The summed E-state index contributed by atoms with van der Waals surface area (Å²) in [5.41, 5.74) is 2.23. The van der Waals surface area contributed by atoms with Gasteiger partial charge < -0.3 is 5.11 Å². The number of carbonyl (C=O) groups is 1. The largest absolute Gasteiger partial charge is 0.478 e. The molecule has 2 nitrogen and oxygen atoms in total. The van der Waals surface area contributed by atoms with Crippen LogP contribution in [0.15, 0.2) is 18.2 Å². The Morgan fingerprint density at radius 1 is 1.36 bits per heavy atom. The highest BCUT2D eigenvalue weighted by atomic mass is 19.1. The van der Waals surface area contributed by atoms with Crippen LogP contribution in [0.5, 0.6) is 0 Å². The van der Waals surface area contributed by atoms with Crippen LogP contribution in [0.2, 0.25) is 0 Å². The fraction of sp³-hybridized carbons (Fsp3) is 0.182. The minimum absolute atomic E-state index is 0.299. The minimum Gasteiger partial charge on any atom is -0.478 e. The molecule has 0 amide bonds. The molecule has 0 atom stereocenters. The van der Waals surface area contributed by atoms with Crippen molar-refractivity contribution in [2.24, 2.45) is 0 Å². The first-order valence-corrected chi connectivity index (χ1v) is 4.18. The van der Waals surface area contributed by atoms with Gasteiger partial charge in [0.15, 0.2) is 0 Å². The lowest BCUT2D eigenvalue weighted by Gasteiger charge is -2.04. The molecule has 1 N–H and O–H groups in total. The summed E-state index contributed by atoms with van der Waals surface area (Å²) in [6, 6.07) is 2.77. The van der Waals surface area contributed by atoms with Crippen molar-refractivity contribution in [1.29, 1.82) is 0 Å². The van der Waals surface area contributed by atoms with Gasteiger partial charge in [-0.15, -0.1) is 0 Å². The van der Waals surface area contributed by atoms with Gasteiger partial charge in [0, 0.05) is 6.08 Å². The van der Waals surface area contributed by atoms with Crippen molar-refractivity contribution in [2.75, 3.05) is 0 Å². The Kier molecular flexibility index (Phi) is 3.02. The fourth-order valence-electron chi connectivity index (χ4n) is 1.34. The zero-order valence-electron chi connectivity index (χ0n) is 8.04. The summed E-state index contributed by atoms with van der Waals surface area (Å²) in [4.78, 5) is 10.3. The number of aryl methyl sites for hydroxylation is 2. The molecular weight excluding hydrogens is 183 g/mol. The Hall–Kier alpha value is -1.64. The summed E-state index contributed by atoms with van der Waals surface area (Å²) < 4.78 is 12.9. The summed E-state index contributed by atoms with van der Waals surface area (Å²) >= 11 is 0. The van der Waals surface area contributed by atoms with Crippen LogP contribution >= 0.6 is 0 Å². The normalized spacial score (nSPS) is 10.8. The molecule has 0 aliphatic rings. The maximum absolute atomic E-state index is 12.9. The lowest BCUT2D eigenvalue weighted by atomic mass is 10.0. The Morgan fingerprint density at radius 3 is 2.29 bits per heavy atom. The highest BCUT2D eigenvalue weighted by Crippen LogP contribution is 2.17. The third-order valence-corrected chi connectivity index (χ3v) is 1.95. The van der Waals surface area contributed by atoms with Crippen LogP contribution in [0.4, 0.5) is 4.39 Å². The third kappa shape index (κ3) is 2.42. The maximum Gasteiger partial charge on any atom is 0.328 e. The van der Waals surface area contributed by atoms with Gasteiger partial charge in [0.25, 0.3) is 0 Å². The number of aliphatic carboxylic acids is 1. The van der Waals surface area contributed by atoms with E-state index in [0.29, 0.717) is 0 Å². The van der Waals surface area contributed by atoms with Gasteiger partial charge in [0.05, 0.1) is 0 Å². The van der Waals surface area contributed by atoms with Crippen molar-refractivity contribution in [1.82, 2.24) is 0 Å². The summed E-state index contributed by atoms with van der Waals surface area (Å²) in [5, 5.41) is 8.45. The van der Waals surface area contributed by atoms with Crippen LogP contribution in [-0.4, -0.2) is 11.1 Å². The van der Waals surface area contributed by atoms with Gasteiger partial charge in [-0.25, -0.2) is 9.18 Å². The molecule has 0 spiro atoms. The van der Waals surface area contributed by atoms with E-state index in [2.05, 4.69) is 0 Å². The molecule has 0 heterocycles. The Morgan fingerprint density at radius 2 is 1.86 bits per heavy atom. The predicted octanol–water partition coefficient (Wildman–Crippen LogP) is 2.54.